The first-order valence-corrected chi connectivity index (χ1v) is 10.3. The zero-order valence-electron chi connectivity index (χ0n) is 17.0. The molecule has 1 saturated heterocycles. The second-order valence-corrected chi connectivity index (χ2v) is 7.90. The Balaban J connectivity index is 0.00000240. The number of ether oxygens (including phenoxy) is 1. The molecule has 1 fully saturated rings. The van der Waals surface area contributed by atoms with E-state index in [-0.39, 0.29) is 30.0 Å². The lowest BCUT2D eigenvalue weighted by Crippen LogP contribution is -2.48. The molecule has 1 aliphatic heterocycles. The molecule has 1 aliphatic carbocycles. The smallest absolute Gasteiger partial charge is 0.339 e. The summed E-state index contributed by atoms with van der Waals surface area (Å²) in [5.74, 6) is 0.518. The summed E-state index contributed by atoms with van der Waals surface area (Å²) < 4.78 is 11.5. The molecule has 0 bridgehead atoms. The molecule has 1 atom stereocenters. The Hall–Kier alpha value is -2.05. The van der Waals surface area contributed by atoms with E-state index in [9.17, 15) is 9.59 Å². The van der Waals surface area contributed by atoms with Gasteiger partial charge in [0.2, 0.25) is 0 Å². The van der Waals surface area contributed by atoms with E-state index in [2.05, 4.69) is 5.32 Å². The minimum absolute atomic E-state index is 0. The molecule has 4 rings (SSSR count). The molecule has 7 heteroatoms. The van der Waals surface area contributed by atoms with Gasteiger partial charge in [-0.3, -0.25) is 4.79 Å². The Bertz CT molecular complexity index is 936. The van der Waals surface area contributed by atoms with Crippen molar-refractivity contribution < 1.29 is 13.9 Å². The number of aryl methyl sites for hydroxylation is 1. The molecule has 6 nitrogen and oxygen atoms in total. The van der Waals surface area contributed by atoms with Crippen LogP contribution in [0.3, 0.4) is 0 Å². The number of rotatable bonds is 4. The topological polar surface area (TPSA) is 71.8 Å². The number of fused-ring (bicyclic) bond motifs is 3. The zero-order valence-corrected chi connectivity index (χ0v) is 17.8. The first kappa shape index (κ1) is 21.7. The summed E-state index contributed by atoms with van der Waals surface area (Å²) in [6.07, 6.45) is 5.16. The van der Waals surface area contributed by atoms with Crippen LogP contribution in [0.4, 0.5) is 0 Å². The Morgan fingerprint density at radius 1 is 1.21 bits per heavy atom. The van der Waals surface area contributed by atoms with Gasteiger partial charge in [-0.25, -0.2) is 4.79 Å². The molecular formula is C22H29ClN2O4. The fourth-order valence-electron chi connectivity index (χ4n) is 4.41. The van der Waals surface area contributed by atoms with E-state index in [0.29, 0.717) is 11.3 Å². The average molecular weight is 421 g/mol. The highest BCUT2D eigenvalue weighted by Gasteiger charge is 2.27. The molecule has 29 heavy (non-hydrogen) atoms. The highest BCUT2D eigenvalue weighted by atomic mass is 35.5. The molecule has 2 aromatic rings. The Morgan fingerprint density at radius 3 is 2.62 bits per heavy atom. The van der Waals surface area contributed by atoms with E-state index in [1.165, 1.54) is 0 Å². The number of likely N-dealkylation sites (N-methyl/N-ethyl adjacent to an activating group) is 1. The number of hydrogen-bond donors (Lipinski definition) is 1. The highest BCUT2D eigenvalue weighted by Crippen LogP contribution is 2.29. The van der Waals surface area contributed by atoms with Crippen LogP contribution in [0.2, 0.25) is 0 Å². The van der Waals surface area contributed by atoms with Crippen LogP contribution in [0.15, 0.2) is 27.4 Å². The SMILES string of the molecule is CC(Oc1ccc2c3c(c(=O)oc2c1)CCCC3)C(=O)N(C)C1CCNCC1.Cl. The fraction of sp³-hybridized carbons (Fsp3) is 0.545. The summed E-state index contributed by atoms with van der Waals surface area (Å²) in [5.41, 5.74) is 2.22. The summed E-state index contributed by atoms with van der Waals surface area (Å²) in [6, 6.07) is 5.80. The monoisotopic (exact) mass is 420 g/mol. The average Bonchev–Trinajstić information content (AvgIpc) is 2.73. The maximum atomic E-state index is 12.8. The lowest BCUT2D eigenvalue weighted by molar-refractivity contribution is -0.139. The summed E-state index contributed by atoms with van der Waals surface area (Å²) in [7, 11) is 1.85. The van der Waals surface area contributed by atoms with Crippen molar-refractivity contribution in [3.05, 3.63) is 39.7 Å². The molecule has 0 radical (unpaired) electrons. The summed E-state index contributed by atoms with van der Waals surface area (Å²) in [4.78, 5) is 26.9. The Kier molecular flexibility index (Phi) is 6.85. The Morgan fingerprint density at radius 2 is 1.90 bits per heavy atom. The molecule has 1 unspecified atom stereocenters. The van der Waals surface area contributed by atoms with Crippen molar-refractivity contribution in [2.24, 2.45) is 0 Å². The van der Waals surface area contributed by atoms with Gasteiger partial charge in [0.25, 0.3) is 5.91 Å². The third-order valence-corrected chi connectivity index (χ3v) is 6.06. The van der Waals surface area contributed by atoms with Gasteiger partial charge in [-0.1, -0.05) is 0 Å². The van der Waals surface area contributed by atoms with Crippen molar-refractivity contribution >= 4 is 29.3 Å². The van der Waals surface area contributed by atoms with E-state index in [1.807, 2.05) is 24.1 Å². The number of amides is 1. The van der Waals surface area contributed by atoms with Crippen molar-refractivity contribution in [2.45, 2.75) is 57.6 Å². The number of piperidine rings is 1. The molecule has 1 aromatic heterocycles. The summed E-state index contributed by atoms with van der Waals surface area (Å²) in [6.45, 7) is 3.64. The maximum Gasteiger partial charge on any atom is 0.339 e. The van der Waals surface area contributed by atoms with Crippen molar-refractivity contribution in [1.29, 1.82) is 0 Å². The van der Waals surface area contributed by atoms with Gasteiger partial charge in [0, 0.05) is 30.1 Å². The van der Waals surface area contributed by atoms with Crippen molar-refractivity contribution in [1.82, 2.24) is 10.2 Å². The van der Waals surface area contributed by atoms with Crippen LogP contribution in [0.5, 0.6) is 5.75 Å². The van der Waals surface area contributed by atoms with Crippen LogP contribution >= 0.6 is 12.4 Å². The third-order valence-electron chi connectivity index (χ3n) is 6.06. The van der Waals surface area contributed by atoms with Crippen LogP contribution in [-0.4, -0.2) is 43.1 Å². The van der Waals surface area contributed by atoms with Crippen LogP contribution in [0.25, 0.3) is 11.0 Å². The number of nitrogens with one attached hydrogen (secondary N) is 1. The molecule has 1 aromatic carbocycles. The van der Waals surface area contributed by atoms with Crippen LogP contribution in [0.1, 0.15) is 43.7 Å². The van der Waals surface area contributed by atoms with Gasteiger partial charge in [0.05, 0.1) is 0 Å². The van der Waals surface area contributed by atoms with Crippen LogP contribution < -0.4 is 15.7 Å². The van der Waals surface area contributed by atoms with Gasteiger partial charge in [-0.2, -0.15) is 0 Å². The molecule has 1 N–H and O–H groups in total. The third kappa shape index (κ3) is 4.43. The quantitative estimate of drug-likeness (QED) is 0.769. The number of hydrogen-bond acceptors (Lipinski definition) is 5. The standard InChI is InChI=1S/C22H28N2O4.ClH/c1-14(21(25)24(2)15-9-11-23-12-10-15)27-16-7-8-18-17-5-3-4-6-19(17)22(26)28-20(18)13-16;/h7-8,13-15,23H,3-6,9-12H2,1-2H3;1H. The number of nitrogens with zero attached hydrogens (tertiary/aromatic N) is 1. The number of halogens is 1. The highest BCUT2D eigenvalue weighted by molar-refractivity contribution is 5.85. The first-order chi connectivity index (χ1) is 13.5. The molecular weight excluding hydrogens is 392 g/mol. The maximum absolute atomic E-state index is 12.8. The van der Waals surface area contributed by atoms with Crippen molar-refractivity contribution in [3.8, 4) is 5.75 Å². The molecule has 2 heterocycles. The zero-order chi connectivity index (χ0) is 19.7. The van der Waals surface area contributed by atoms with Crippen LogP contribution in [-0.2, 0) is 17.6 Å². The van der Waals surface area contributed by atoms with Crippen molar-refractivity contribution in [3.63, 3.8) is 0 Å². The molecule has 158 valence electrons. The van der Waals surface area contributed by atoms with E-state index in [4.69, 9.17) is 9.15 Å². The molecule has 2 aliphatic rings. The van der Waals surface area contributed by atoms with Crippen LogP contribution in [0, 0.1) is 0 Å². The van der Waals surface area contributed by atoms with Gasteiger partial charge in [-0.15, -0.1) is 12.4 Å². The lowest BCUT2D eigenvalue weighted by Gasteiger charge is -2.33. The number of carbonyl (C=O) groups excluding carboxylic acids is 1. The van der Waals surface area contributed by atoms with Gasteiger partial charge in [0.15, 0.2) is 6.10 Å². The predicted molar refractivity (Wildman–Crippen MR) is 115 cm³/mol. The lowest BCUT2D eigenvalue weighted by atomic mass is 9.91. The largest absolute Gasteiger partial charge is 0.481 e. The number of benzene rings is 1. The van der Waals surface area contributed by atoms with E-state index in [1.54, 1.807) is 13.0 Å². The molecule has 0 spiro atoms. The minimum Gasteiger partial charge on any atom is -0.481 e. The van der Waals surface area contributed by atoms with Crippen molar-refractivity contribution in [2.75, 3.05) is 20.1 Å². The van der Waals surface area contributed by atoms with E-state index < -0.39 is 6.10 Å². The molecule has 1 amide bonds. The summed E-state index contributed by atoms with van der Waals surface area (Å²) >= 11 is 0. The summed E-state index contributed by atoms with van der Waals surface area (Å²) in [5, 5.41) is 4.29. The normalized spacial score (nSPS) is 17.9. The van der Waals surface area contributed by atoms with E-state index in [0.717, 1.165) is 68.1 Å². The predicted octanol–water partition coefficient (Wildman–Crippen LogP) is 3.07. The number of carbonyl (C=O) groups is 1. The Labute approximate surface area is 177 Å². The van der Waals surface area contributed by atoms with Gasteiger partial charge >= 0.3 is 5.63 Å². The fourth-order valence-corrected chi connectivity index (χ4v) is 4.41. The second kappa shape index (κ2) is 9.18. The minimum atomic E-state index is -0.596. The van der Waals surface area contributed by atoms with Gasteiger partial charge in [0.1, 0.15) is 11.3 Å². The van der Waals surface area contributed by atoms with Gasteiger partial charge in [-0.05, 0) is 76.2 Å². The van der Waals surface area contributed by atoms with E-state index >= 15 is 0 Å². The van der Waals surface area contributed by atoms with Gasteiger partial charge < -0.3 is 19.4 Å². The second-order valence-electron chi connectivity index (χ2n) is 7.90. The molecule has 0 saturated carbocycles. The first-order valence-electron chi connectivity index (χ1n) is 10.3.